The number of aliphatic hydroxyl groups is 1. The molecule has 0 bridgehead atoms. The van der Waals surface area contributed by atoms with Crippen LogP contribution < -0.4 is 5.32 Å². The van der Waals surface area contributed by atoms with E-state index in [4.69, 9.17) is 11.6 Å². The molecule has 0 saturated heterocycles. The first-order chi connectivity index (χ1) is 17.3. The van der Waals surface area contributed by atoms with Crippen LogP contribution in [0.25, 0.3) is 11.3 Å². The molecule has 0 radical (unpaired) electrons. The van der Waals surface area contributed by atoms with Crippen molar-refractivity contribution in [3.8, 4) is 11.3 Å². The Hall–Kier alpha value is -3.82. The van der Waals surface area contributed by atoms with Crippen LogP contribution in [0.2, 0.25) is 5.02 Å². The molecule has 184 valence electrons. The predicted molar refractivity (Wildman–Crippen MR) is 132 cm³/mol. The van der Waals surface area contributed by atoms with Crippen LogP contribution in [-0.4, -0.2) is 43.6 Å². The molecule has 2 aromatic carbocycles. The van der Waals surface area contributed by atoms with Gasteiger partial charge in [0.15, 0.2) is 0 Å². The maximum atomic E-state index is 13.4. The summed E-state index contributed by atoms with van der Waals surface area (Å²) < 4.78 is 28.6. The number of carbonyl (C=O) groups excluding carboxylic acids is 1. The molecule has 5 rings (SSSR count). The van der Waals surface area contributed by atoms with Crippen LogP contribution in [-0.2, 0) is 6.54 Å². The highest BCUT2D eigenvalue weighted by Crippen LogP contribution is 2.31. The van der Waals surface area contributed by atoms with Crippen molar-refractivity contribution >= 4 is 29.1 Å². The minimum Gasteiger partial charge on any atom is -0.394 e. The number of aromatic nitrogens is 3. The summed E-state index contributed by atoms with van der Waals surface area (Å²) in [6.07, 6.45) is 3.52. The van der Waals surface area contributed by atoms with Crippen LogP contribution in [0.1, 0.15) is 27.7 Å². The van der Waals surface area contributed by atoms with Crippen molar-refractivity contribution in [2.45, 2.75) is 19.5 Å². The molecular formula is C26H22ClF2N5O2. The third-order valence-corrected chi connectivity index (χ3v) is 6.50. The fourth-order valence-corrected chi connectivity index (χ4v) is 4.55. The Kier molecular flexibility index (Phi) is 6.42. The average molecular weight is 510 g/mol. The first kappa shape index (κ1) is 23.9. The topological polar surface area (TPSA) is 83.3 Å². The second-order valence-electron chi connectivity index (χ2n) is 8.53. The molecule has 1 aliphatic rings. The lowest BCUT2D eigenvalue weighted by atomic mass is 10.0. The number of aliphatic hydroxyl groups excluding tert-OH is 1. The summed E-state index contributed by atoms with van der Waals surface area (Å²) in [4.78, 5) is 23.9. The van der Waals surface area contributed by atoms with Crippen molar-refractivity contribution in [3.05, 3.63) is 94.4 Å². The first-order valence-electron chi connectivity index (χ1n) is 11.3. The van der Waals surface area contributed by atoms with E-state index in [1.165, 1.54) is 30.3 Å². The fraction of sp³-hybridized carbons (Fsp3) is 0.192. The Balaban J connectivity index is 1.43. The quantitative estimate of drug-likeness (QED) is 0.377. The van der Waals surface area contributed by atoms with E-state index in [0.717, 1.165) is 11.1 Å². The average Bonchev–Trinajstić information content (AvgIpc) is 3.30. The van der Waals surface area contributed by atoms with E-state index >= 15 is 0 Å². The second kappa shape index (κ2) is 9.67. The number of hydrogen-bond donors (Lipinski definition) is 2. The Morgan fingerprint density at radius 3 is 2.58 bits per heavy atom. The number of hydrogen-bond acceptors (Lipinski definition) is 5. The fourth-order valence-electron chi connectivity index (χ4n) is 4.34. The molecule has 4 aromatic rings. The first-order valence-corrected chi connectivity index (χ1v) is 11.7. The van der Waals surface area contributed by atoms with E-state index in [9.17, 15) is 18.7 Å². The van der Waals surface area contributed by atoms with E-state index in [1.807, 2.05) is 17.7 Å². The molecule has 2 aromatic heterocycles. The maximum Gasteiger partial charge on any atom is 0.271 e. The zero-order chi connectivity index (χ0) is 25.4. The summed E-state index contributed by atoms with van der Waals surface area (Å²) in [5.41, 5.74) is 3.75. The summed E-state index contributed by atoms with van der Waals surface area (Å²) in [5.74, 6) is -0.788. The molecule has 0 saturated carbocycles. The highest BCUT2D eigenvalue weighted by atomic mass is 35.5. The van der Waals surface area contributed by atoms with Gasteiger partial charge in [0.25, 0.3) is 5.91 Å². The molecule has 10 heteroatoms. The molecule has 1 amide bonds. The number of fused-ring (bicyclic) bond motifs is 1. The molecule has 1 atom stereocenters. The largest absolute Gasteiger partial charge is 0.394 e. The predicted octanol–water partition coefficient (Wildman–Crippen LogP) is 5.12. The lowest BCUT2D eigenvalue weighted by Crippen LogP contribution is -2.43. The number of rotatable bonds is 6. The molecule has 0 aliphatic carbocycles. The monoisotopic (exact) mass is 509 g/mol. The van der Waals surface area contributed by atoms with Gasteiger partial charge in [-0.1, -0.05) is 23.7 Å². The molecule has 36 heavy (non-hydrogen) atoms. The van der Waals surface area contributed by atoms with Crippen LogP contribution in [0.4, 0.5) is 20.4 Å². The lowest BCUT2D eigenvalue weighted by molar-refractivity contribution is 0.0526. The van der Waals surface area contributed by atoms with Crippen LogP contribution in [0.3, 0.4) is 0 Å². The maximum absolute atomic E-state index is 13.4. The van der Waals surface area contributed by atoms with Crippen LogP contribution in [0, 0.1) is 18.6 Å². The van der Waals surface area contributed by atoms with Crippen molar-refractivity contribution in [1.29, 1.82) is 0 Å². The van der Waals surface area contributed by atoms with E-state index in [-0.39, 0.29) is 29.3 Å². The van der Waals surface area contributed by atoms with Gasteiger partial charge in [0.2, 0.25) is 5.95 Å². The Bertz CT molecular complexity index is 1440. The van der Waals surface area contributed by atoms with Gasteiger partial charge in [-0.3, -0.25) is 4.79 Å². The molecule has 0 spiro atoms. The van der Waals surface area contributed by atoms with Gasteiger partial charge in [-0.25, -0.2) is 18.7 Å². The number of nitrogens with one attached hydrogen (secondary N) is 1. The molecular weight excluding hydrogens is 488 g/mol. The zero-order valence-corrected chi connectivity index (χ0v) is 20.0. The molecule has 2 N–H and O–H groups in total. The minimum absolute atomic E-state index is 0.199. The van der Waals surface area contributed by atoms with E-state index in [1.54, 1.807) is 29.3 Å². The van der Waals surface area contributed by atoms with Gasteiger partial charge in [-0.05, 0) is 54.4 Å². The SMILES string of the molecule is Cc1cnc(Nc2ccc(F)cc2Cl)nc1-c1cc2n(c1)CCN(C(CO)c1ccc(F)cc1)C2=O. The van der Waals surface area contributed by atoms with E-state index in [0.29, 0.717) is 35.7 Å². The highest BCUT2D eigenvalue weighted by molar-refractivity contribution is 6.33. The van der Waals surface area contributed by atoms with Crippen molar-refractivity contribution in [1.82, 2.24) is 19.4 Å². The number of aryl methyl sites for hydroxylation is 1. The third-order valence-electron chi connectivity index (χ3n) is 6.19. The van der Waals surface area contributed by atoms with Crippen molar-refractivity contribution < 1.29 is 18.7 Å². The van der Waals surface area contributed by atoms with Crippen molar-refractivity contribution in [3.63, 3.8) is 0 Å². The molecule has 3 heterocycles. The number of anilines is 2. The second-order valence-corrected chi connectivity index (χ2v) is 8.94. The summed E-state index contributed by atoms with van der Waals surface area (Å²) in [6.45, 7) is 2.50. The number of amides is 1. The van der Waals surface area contributed by atoms with Gasteiger partial charge in [-0.15, -0.1) is 0 Å². The van der Waals surface area contributed by atoms with Gasteiger partial charge in [0, 0.05) is 31.0 Å². The zero-order valence-electron chi connectivity index (χ0n) is 19.3. The van der Waals surface area contributed by atoms with Crippen LogP contribution >= 0.6 is 11.6 Å². The molecule has 1 aliphatic heterocycles. The Morgan fingerprint density at radius 2 is 1.86 bits per heavy atom. The van der Waals surface area contributed by atoms with Gasteiger partial charge in [0.05, 0.1) is 29.1 Å². The Morgan fingerprint density at radius 1 is 1.11 bits per heavy atom. The smallest absolute Gasteiger partial charge is 0.271 e. The summed E-state index contributed by atoms with van der Waals surface area (Å²) in [6, 6.07) is 11.0. The van der Waals surface area contributed by atoms with Gasteiger partial charge in [-0.2, -0.15) is 0 Å². The number of carbonyl (C=O) groups is 1. The molecule has 1 unspecified atom stereocenters. The van der Waals surface area contributed by atoms with Gasteiger partial charge in [0.1, 0.15) is 17.3 Å². The van der Waals surface area contributed by atoms with E-state index < -0.39 is 11.9 Å². The molecule has 0 fully saturated rings. The minimum atomic E-state index is -0.581. The highest BCUT2D eigenvalue weighted by Gasteiger charge is 2.31. The number of nitrogens with zero attached hydrogens (tertiary/aromatic N) is 4. The normalized spacial score (nSPS) is 14.0. The third kappa shape index (κ3) is 4.55. The molecule has 7 nitrogen and oxygen atoms in total. The van der Waals surface area contributed by atoms with Gasteiger partial charge >= 0.3 is 0 Å². The number of benzene rings is 2. The summed E-state index contributed by atoms with van der Waals surface area (Å²) >= 11 is 6.12. The van der Waals surface area contributed by atoms with Crippen molar-refractivity contribution in [2.24, 2.45) is 0 Å². The van der Waals surface area contributed by atoms with E-state index in [2.05, 4.69) is 15.3 Å². The summed E-state index contributed by atoms with van der Waals surface area (Å²) in [7, 11) is 0. The van der Waals surface area contributed by atoms with Gasteiger partial charge < -0.3 is 19.9 Å². The van der Waals surface area contributed by atoms with Crippen molar-refractivity contribution in [2.75, 3.05) is 18.5 Å². The van der Waals surface area contributed by atoms with Crippen LogP contribution in [0.5, 0.6) is 0 Å². The standard InChI is InChI=1S/C26H22ClF2N5O2/c1-15-12-30-26(31-21-7-6-19(29)11-20(21)27)32-24(15)17-10-22-25(36)34(9-8-33(22)13-17)23(14-35)16-2-4-18(28)5-3-16/h2-7,10-13,23,35H,8-9,14H2,1H3,(H,30,31,32). The Labute approximate surface area is 211 Å². The van der Waals surface area contributed by atoms with Crippen LogP contribution in [0.15, 0.2) is 60.9 Å². The summed E-state index contributed by atoms with van der Waals surface area (Å²) in [5, 5.41) is 13.2. The number of halogens is 3. The lowest BCUT2D eigenvalue weighted by Gasteiger charge is -2.34.